The summed E-state index contributed by atoms with van der Waals surface area (Å²) < 4.78 is 0. The van der Waals surface area contributed by atoms with Gasteiger partial charge in [0.05, 0.1) is 5.92 Å². The zero-order valence-corrected chi connectivity index (χ0v) is 12.6. The third-order valence-corrected chi connectivity index (χ3v) is 4.72. The zero-order chi connectivity index (χ0) is 14.5. The second kappa shape index (κ2) is 6.92. The standard InChI is InChI=1S/C18H26O2/c1-3-4-14-9-10-17(18(19)20)16(11-14)12-15-7-5-13(2)6-8-15/h5-8,14,16-17H,3-4,9-12H2,1-2H3,(H,19,20). The van der Waals surface area contributed by atoms with Crippen LogP contribution in [0.5, 0.6) is 0 Å². The van der Waals surface area contributed by atoms with Crippen molar-refractivity contribution in [2.75, 3.05) is 0 Å². The fourth-order valence-electron chi connectivity index (χ4n) is 3.61. The lowest BCUT2D eigenvalue weighted by Gasteiger charge is -2.34. The van der Waals surface area contributed by atoms with Crippen LogP contribution < -0.4 is 0 Å². The molecule has 0 aromatic heterocycles. The lowest BCUT2D eigenvalue weighted by atomic mass is 9.70. The van der Waals surface area contributed by atoms with Crippen LogP contribution in [-0.4, -0.2) is 11.1 Å². The average Bonchev–Trinajstić information content (AvgIpc) is 2.42. The normalized spacial score (nSPS) is 26.4. The van der Waals surface area contributed by atoms with E-state index < -0.39 is 5.97 Å². The van der Waals surface area contributed by atoms with Crippen LogP contribution in [0.25, 0.3) is 0 Å². The minimum Gasteiger partial charge on any atom is -0.481 e. The number of carbonyl (C=O) groups is 1. The summed E-state index contributed by atoms with van der Waals surface area (Å²) in [4.78, 5) is 11.5. The van der Waals surface area contributed by atoms with Gasteiger partial charge in [-0.2, -0.15) is 0 Å². The van der Waals surface area contributed by atoms with Gasteiger partial charge < -0.3 is 5.11 Å². The van der Waals surface area contributed by atoms with Gasteiger partial charge in [0.15, 0.2) is 0 Å². The molecule has 3 unspecified atom stereocenters. The summed E-state index contributed by atoms with van der Waals surface area (Å²) in [6, 6.07) is 8.55. The van der Waals surface area contributed by atoms with E-state index in [1.54, 1.807) is 0 Å². The summed E-state index contributed by atoms with van der Waals surface area (Å²) in [5, 5.41) is 9.45. The number of benzene rings is 1. The number of carboxylic acid groups (broad SMARTS) is 1. The van der Waals surface area contributed by atoms with Crippen molar-refractivity contribution < 1.29 is 9.90 Å². The van der Waals surface area contributed by atoms with Crippen molar-refractivity contribution >= 4 is 5.97 Å². The minimum atomic E-state index is -0.600. The average molecular weight is 274 g/mol. The van der Waals surface area contributed by atoms with Crippen LogP contribution in [0.2, 0.25) is 0 Å². The zero-order valence-electron chi connectivity index (χ0n) is 12.6. The molecule has 2 heteroatoms. The maximum absolute atomic E-state index is 11.5. The van der Waals surface area contributed by atoms with Crippen LogP contribution >= 0.6 is 0 Å². The van der Waals surface area contributed by atoms with E-state index >= 15 is 0 Å². The molecule has 1 saturated carbocycles. The van der Waals surface area contributed by atoms with Crippen LogP contribution in [0.3, 0.4) is 0 Å². The molecule has 110 valence electrons. The van der Waals surface area contributed by atoms with E-state index in [4.69, 9.17) is 0 Å². The predicted octanol–water partition coefficient (Wildman–Crippen LogP) is 4.45. The molecule has 1 N–H and O–H groups in total. The van der Waals surface area contributed by atoms with E-state index in [1.807, 2.05) is 0 Å². The summed E-state index contributed by atoms with van der Waals surface area (Å²) in [7, 11) is 0. The number of aliphatic carboxylic acids is 1. The molecule has 3 atom stereocenters. The quantitative estimate of drug-likeness (QED) is 0.861. The molecular weight excluding hydrogens is 248 g/mol. The highest BCUT2D eigenvalue weighted by atomic mass is 16.4. The Morgan fingerprint density at radius 1 is 1.25 bits per heavy atom. The highest BCUT2D eigenvalue weighted by Crippen LogP contribution is 2.38. The van der Waals surface area contributed by atoms with E-state index in [-0.39, 0.29) is 5.92 Å². The van der Waals surface area contributed by atoms with Crippen molar-refractivity contribution in [1.82, 2.24) is 0 Å². The highest BCUT2D eigenvalue weighted by molar-refractivity contribution is 5.70. The molecule has 1 aliphatic rings. The van der Waals surface area contributed by atoms with Gasteiger partial charge >= 0.3 is 5.97 Å². The fourth-order valence-corrected chi connectivity index (χ4v) is 3.61. The molecule has 1 aliphatic carbocycles. The van der Waals surface area contributed by atoms with Crippen LogP contribution in [0.15, 0.2) is 24.3 Å². The van der Waals surface area contributed by atoms with Gasteiger partial charge in [-0.15, -0.1) is 0 Å². The van der Waals surface area contributed by atoms with Gasteiger partial charge in [-0.1, -0.05) is 49.6 Å². The molecule has 1 aromatic rings. The molecular formula is C18H26O2. The summed E-state index contributed by atoms with van der Waals surface area (Å²) in [5.41, 5.74) is 2.54. The van der Waals surface area contributed by atoms with E-state index in [0.717, 1.165) is 31.6 Å². The van der Waals surface area contributed by atoms with E-state index in [2.05, 4.69) is 38.1 Å². The van der Waals surface area contributed by atoms with E-state index in [9.17, 15) is 9.90 Å². The third-order valence-electron chi connectivity index (χ3n) is 4.72. The Kier molecular flexibility index (Phi) is 5.22. The van der Waals surface area contributed by atoms with Gasteiger partial charge in [-0.25, -0.2) is 0 Å². The van der Waals surface area contributed by atoms with Crippen molar-refractivity contribution in [2.45, 2.75) is 52.4 Å². The Morgan fingerprint density at radius 2 is 1.95 bits per heavy atom. The van der Waals surface area contributed by atoms with Crippen molar-refractivity contribution in [1.29, 1.82) is 0 Å². The van der Waals surface area contributed by atoms with Gasteiger partial charge in [0.1, 0.15) is 0 Å². The maximum Gasteiger partial charge on any atom is 0.306 e. The van der Waals surface area contributed by atoms with Crippen molar-refractivity contribution in [3.8, 4) is 0 Å². The van der Waals surface area contributed by atoms with Crippen molar-refractivity contribution in [3.63, 3.8) is 0 Å². The Bertz CT molecular complexity index is 435. The van der Waals surface area contributed by atoms with Gasteiger partial charge in [0.25, 0.3) is 0 Å². The second-order valence-electron chi connectivity index (χ2n) is 6.36. The summed E-state index contributed by atoms with van der Waals surface area (Å²) in [6.45, 7) is 4.31. The molecule has 0 saturated heterocycles. The summed E-state index contributed by atoms with van der Waals surface area (Å²) in [5.74, 6) is 0.285. The molecule has 0 amide bonds. The monoisotopic (exact) mass is 274 g/mol. The van der Waals surface area contributed by atoms with E-state index in [1.165, 1.54) is 24.0 Å². The van der Waals surface area contributed by atoms with Gasteiger partial charge in [0.2, 0.25) is 0 Å². The predicted molar refractivity (Wildman–Crippen MR) is 81.7 cm³/mol. The summed E-state index contributed by atoms with van der Waals surface area (Å²) in [6.07, 6.45) is 6.40. The first-order valence-electron chi connectivity index (χ1n) is 7.88. The topological polar surface area (TPSA) is 37.3 Å². The van der Waals surface area contributed by atoms with Crippen molar-refractivity contribution in [2.24, 2.45) is 17.8 Å². The molecule has 0 radical (unpaired) electrons. The van der Waals surface area contributed by atoms with Crippen LogP contribution in [-0.2, 0) is 11.2 Å². The minimum absolute atomic E-state index is 0.149. The molecule has 20 heavy (non-hydrogen) atoms. The SMILES string of the molecule is CCCC1CCC(C(=O)O)C(Cc2ccc(C)cc2)C1. The maximum atomic E-state index is 11.5. The number of hydrogen-bond acceptors (Lipinski definition) is 1. The lowest BCUT2D eigenvalue weighted by molar-refractivity contribution is -0.145. The van der Waals surface area contributed by atoms with Crippen LogP contribution in [0, 0.1) is 24.7 Å². The molecule has 0 bridgehead atoms. The Hall–Kier alpha value is -1.31. The summed E-state index contributed by atoms with van der Waals surface area (Å²) >= 11 is 0. The molecule has 1 fully saturated rings. The Morgan fingerprint density at radius 3 is 2.55 bits per heavy atom. The van der Waals surface area contributed by atoms with Gasteiger partial charge in [-0.05, 0) is 50.0 Å². The highest BCUT2D eigenvalue weighted by Gasteiger charge is 2.34. The van der Waals surface area contributed by atoms with E-state index in [0.29, 0.717) is 5.92 Å². The molecule has 0 spiro atoms. The first kappa shape index (κ1) is 15.1. The Balaban J connectivity index is 2.06. The van der Waals surface area contributed by atoms with Crippen molar-refractivity contribution in [3.05, 3.63) is 35.4 Å². The molecule has 2 rings (SSSR count). The lowest BCUT2D eigenvalue weighted by Crippen LogP contribution is -2.32. The first-order valence-corrected chi connectivity index (χ1v) is 7.88. The molecule has 0 aliphatic heterocycles. The smallest absolute Gasteiger partial charge is 0.306 e. The van der Waals surface area contributed by atoms with Crippen LogP contribution in [0.4, 0.5) is 0 Å². The largest absolute Gasteiger partial charge is 0.481 e. The third kappa shape index (κ3) is 3.84. The fraction of sp³-hybridized carbons (Fsp3) is 0.611. The number of hydrogen-bond donors (Lipinski definition) is 1. The van der Waals surface area contributed by atoms with Crippen LogP contribution in [0.1, 0.15) is 50.2 Å². The Labute approximate surface area is 122 Å². The first-order chi connectivity index (χ1) is 9.60. The second-order valence-corrected chi connectivity index (χ2v) is 6.36. The molecule has 2 nitrogen and oxygen atoms in total. The number of rotatable bonds is 5. The number of carboxylic acids is 1. The molecule has 1 aromatic carbocycles. The van der Waals surface area contributed by atoms with Gasteiger partial charge in [-0.3, -0.25) is 4.79 Å². The van der Waals surface area contributed by atoms with Gasteiger partial charge in [0, 0.05) is 0 Å². The molecule has 0 heterocycles. The number of aryl methyl sites for hydroxylation is 1.